The van der Waals surface area contributed by atoms with E-state index in [9.17, 15) is 9.18 Å². The average molecular weight is 300 g/mol. The van der Waals surface area contributed by atoms with Crippen LogP contribution in [0.1, 0.15) is 18.4 Å². The SMILES string of the molecule is COc1ccc(C2(NC(=O)Nc3ccccc3F)CC2)cc1. The molecule has 0 heterocycles. The second kappa shape index (κ2) is 5.67. The highest BCUT2D eigenvalue weighted by molar-refractivity contribution is 5.90. The van der Waals surface area contributed by atoms with Gasteiger partial charge < -0.3 is 15.4 Å². The monoisotopic (exact) mass is 300 g/mol. The smallest absolute Gasteiger partial charge is 0.320 e. The molecule has 4 nitrogen and oxygen atoms in total. The Balaban J connectivity index is 1.69. The highest BCUT2D eigenvalue weighted by Crippen LogP contribution is 2.45. The van der Waals surface area contributed by atoms with Gasteiger partial charge in [-0.15, -0.1) is 0 Å². The number of para-hydroxylation sites is 1. The summed E-state index contributed by atoms with van der Waals surface area (Å²) >= 11 is 0. The van der Waals surface area contributed by atoms with E-state index in [1.807, 2.05) is 24.3 Å². The summed E-state index contributed by atoms with van der Waals surface area (Å²) in [4.78, 5) is 12.1. The van der Waals surface area contributed by atoms with Crippen molar-refractivity contribution in [3.05, 3.63) is 59.9 Å². The van der Waals surface area contributed by atoms with Crippen molar-refractivity contribution in [2.75, 3.05) is 12.4 Å². The van der Waals surface area contributed by atoms with Crippen LogP contribution in [-0.2, 0) is 5.54 Å². The van der Waals surface area contributed by atoms with E-state index in [0.717, 1.165) is 24.2 Å². The molecule has 1 aliphatic carbocycles. The first kappa shape index (κ1) is 14.4. The zero-order valence-electron chi connectivity index (χ0n) is 12.2. The number of benzene rings is 2. The zero-order chi connectivity index (χ0) is 15.6. The van der Waals surface area contributed by atoms with Gasteiger partial charge in [-0.3, -0.25) is 0 Å². The number of amides is 2. The number of methoxy groups -OCH3 is 1. The predicted molar refractivity (Wildman–Crippen MR) is 82.5 cm³/mol. The largest absolute Gasteiger partial charge is 0.497 e. The molecule has 1 saturated carbocycles. The number of ether oxygens (including phenoxy) is 1. The number of urea groups is 1. The Kier molecular flexibility index (Phi) is 3.71. The molecule has 5 heteroatoms. The van der Waals surface area contributed by atoms with E-state index in [1.165, 1.54) is 12.1 Å². The van der Waals surface area contributed by atoms with Crippen LogP contribution in [0.15, 0.2) is 48.5 Å². The van der Waals surface area contributed by atoms with Gasteiger partial charge in [0.05, 0.1) is 18.3 Å². The van der Waals surface area contributed by atoms with Crippen LogP contribution < -0.4 is 15.4 Å². The van der Waals surface area contributed by atoms with E-state index in [0.29, 0.717) is 0 Å². The summed E-state index contributed by atoms with van der Waals surface area (Å²) in [5, 5.41) is 5.49. The molecule has 0 unspecified atom stereocenters. The number of halogens is 1. The summed E-state index contributed by atoms with van der Waals surface area (Å²) in [6, 6.07) is 13.3. The normalized spacial score (nSPS) is 15.0. The molecule has 0 aliphatic heterocycles. The van der Waals surface area contributed by atoms with Crippen LogP contribution in [0.3, 0.4) is 0 Å². The van der Waals surface area contributed by atoms with Crippen molar-refractivity contribution in [1.29, 1.82) is 0 Å². The van der Waals surface area contributed by atoms with Crippen LogP contribution in [0.4, 0.5) is 14.9 Å². The Bertz CT molecular complexity index is 681. The minimum Gasteiger partial charge on any atom is -0.497 e. The van der Waals surface area contributed by atoms with Crippen LogP contribution in [0, 0.1) is 5.82 Å². The van der Waals surface area contributed by atoms with Crippen molar-refractivity contribution >= 4 is 11.7 Å². The highest BCUT2D eigenvalue weighted by Gasteiger charge is 2.45. The summed E-state index contributed by atoms with van der Waals surface area (Å²) in [6.07, 6.45) is 1.73. The van der Waals surface area contributed by atoms with Crippen LogP contribution in [0.5, 0.6) is 5.75 Å². The second-order valence-electron chi connectivity index (χ2n) is 5.37. The van der Waals surface area contributed by atoms with E-state index >= 15 is 0 Å². The Morgan fingerprint density at radius 3 is 2.41 bits per heavy atom. The molecule has 0 spiro atoms. The van der Waals surface area contributed by atoms with Gasteiger partial charge in [-0.2, -0.15) is 0 Å². The molecule has 1 fully saturated rings. The summed E-state index contributed by atoms with van der Waals surface area (Å²) in [6.45, 7) is 0. The number of carbonyl (C=O) groups is 1. The molecule has 0 saturated heterocycles. The van der Waals surface area contributed by atoms with Gasteiger partial charge >= 0.3 is 6.03 Å². The van der Waals surface area contributed by atoms with Gasteiger partial charge in [-0.05, 0) is 42.7 Å². The highest BCUT2D eigenvalue weighted by atomic mass is 19.1. The van der Waals surface area contributed by atoms with Gasteiger partial charge in [0.2, 0.25) is 0 Å². The van der Waals surface area contributed by atoms with Gasteiger partial charge in [-0.25, -0.2) is 9.18 Å². The van der Waals surface area contributed by atoms with E-state index in [2.05, 4.69) is 10.6 Å². The lowest BCUT2D eigenvalue weighted by Crippen LogP contribution is -2.38. The molecule has 114 valence electrons. The third kappa shape index (κ3) is 2.88. The van der Waals surface area contributed by atoms with Gasteiger partial charge in [0.25, 0.3) is 0 Å². The first-order valence-electron chi connectivity index (χ1n) is 7.11. The lowest BCUT2D eigenvalue weighted by atomic mass is 10.1. The first-order valence-corrected chi connectivity index (χ1v) is 7.11. The van der Waals surface area contributed by atoms with E-state index in [-0.39, 0.29) is 11.2 Å². The predicted octanol–water partition coefficient (Wildman–Crippen LogP) is 3.65. The fourth-order valence-corrected chi connectivity index (χ4v) is 2.45. The van der Waals surface area contributed by atoms with E-state index in [4.69, 9.17) is 4.74 Å². The number of hydrogen-bond donors (Lipinski definition) is 2. The van der Waals surface area contributed by atoms with Crippen molar-refractivity contribution in [3.63, 3.8) is 0 Å². The fraction of sp³-hybridized carbons (Fsp3) is 0.235. The van der Waals surface area contributed by atoms with Crippen molar-refractivity contribution in [2.45, 2.75) is 18.4 Å². The van der Waals surface area contributed by atoms with Crippen molar-refractivity contribution < 1.29 is 13.9 Å². The molecular weight excluding hydrogens is 283 g/mol. The lowest BCUT2D eigenvalue weighted by molar-refractivity contribution is 0.247. The number of nitrogens with one attached hydrogen (secondary N) is 2. The Hall–Kier alpha value is -2.56. The van der Waals surface area contributed by atoms with Crippen LogP contribution in [0.25, 0.3) is 0 Å². The molecule has 1 aliphatic rings. The number of hydrogen-bond acceptors (Lipinski definition) is 2. The minimum absolute atomic E-state index is 0.172. The lowest BCUT2D eigenvalue weighted by Gasteiger charge is -2.19. The van der Waals surface area contributed by atoms with Crippen molar-refractivity contribution in [1.82, 2.24) is 5.32 Å². The molecule has 2 aromatic carbocycles. The van der Waals surface area contributed by atoms with Crippen molar-refractivity contribution in [2.24, 2.45) is 0 Å². The molecule has 2 N–H and O–H groups in total. The average Bonchev–Trinajstić information content (AvgIpc) is 3.30. The van der Waals surface area contributed by atoms with Crippen LogP contribution in [0.2, 0.25) is 0 Å². The topological polar surface area (TPSA) is 50.4 Å². The number of anilines is 1. The van der Waals surface area contributed by atoms with Gasteiger partial charge in [0, 0.05) is 0 Å². The molecule has 22 heavy (non-hydrogen) atoms. The number of rotatable bonds is 4. The second-order valence-corrected chi connectivity index (χ2v) is 5.37. The Morgan fingerprint density at radius 2 is 1.82 bits per heavy atom. The zero-order valence-corrected chi connectivity index (χ0v) is 12.2. The molecule has 0 bridgehead atoms. The molecule has 0 aromatic heterocycles. The molecular formula is C17H17FN2O2. The maximum Gasteiger partial charge on any atom is 0.320 e. The summed E-state index contributed by atoms with van der Waals surface area (Å²) in [5.41, 5.74) is 0.837. The molecule has 0 atom stereocenters. The van der Waals surface area contributed by atoms with Gasteiger partial charge in [0.1, 0.15) is 11.6 Å². The summed E-state index contributed by atoms with van der Waals surface area (Å²) in [5.74, 6) is 0.322. The third-order valence-electron chi connectivity index (χ3n) is 3.87. The molecule has 3 rings (SSSR count). The summed E-state index contributed by atoms with van der Waals surface area (Å²) < 4.78 is 18.7. The van der Waals surface area contributed by atoms with Crippen LogP contribution >= 0.6 is 0 Å². The Labute approximate surface area is 128 Å². The maximum absolute atomic E-state index is 13.5. The van der Waals surface area contributed by atoms with E-state index in [1.54, 1.807) is 19.2 Å². The van der Waals surface area contributed by atoms with Gasteiger partial charge in [0.15, 0.2) is 0 Å². The van der Waals surface area contributed by atoms with Gasteiger partial charge in [-0.1, -0.05) is 24.3 Å². The first-order chi connectivity index (χ1) is 10.6. The quantitative estimate of drug-likeness (QED) is 0.905. The Morgan fingerprint density at radius 1 is 1.14 bits per heavy atom. The standard InChI is InChI=1S/C17H17FN2O2/c1-22-13-8-6-12(7-9-13)17(10-11-17)20-16(21)19-15-5-3-2-4-14(15)18/h2-9H,10-11H2,1H3,(H2,19,20,21). The van der Waals surface area contributed by atoms with E-state index < -0.39 is 11.8 Å². The third-order valence-corrected chi connectivity index (χ3v) is 3.87. The molecule has 2 amide bonds. The molecule has 2 aromatic rings. The van der Waals surface area contributed by atoms with Crippen LogP contribution in [-0.4, -0.2) is 13.1 Å². The van der Waals surface area contributed by atoms with Crippen molar-refractivity contribution in [3.8, 4) is 5.75 Å². The minimum atomic E-state index is -0.452. The number of carbonyl (C=O) groups excluding carboxylic acids is 1. The fourth-order valence-electron chi connectivity index (χ4n) is 2.45. The molecule has 0 radical (unpaired) electrons. The summed E-state index contributed by atoms with van der Waals surface area (Å²) in [7, 11) is 1.61. The maximum atomic E-state index is 13.5.